The summed E-state index contributed by atoms with van der Waals surface area (Å²) in [7, 11) is 0. The fraction of sp³-hybridized carbons (Fsp3) is 1.00. The monoisotopic (exact) mass is 179 g/mol. The molecule has 0 aromatic heterocycles. The molecule has 0 saturated heterocycles. The van der Waals surface area contributed by atoms with Gasteiger partial charge in [-0.15, -0.1) is 12.4 Å². The Morgan fingerprint density at radius 2 is 1.55 bits per heavy atom. The summed E-state index contributed by atoms with van der Waals surface area (Å²) in [5.41, 5.74) is 5.70. The maximum Gasteiger partial charge on any atom is 0.0691 e. The quantitative estimate of drug-likeness (QED) is 0.592. The SMILES string of the molecule is Cl.N[C@@H]1CCCCCC[C@@H]1O. The Balaban J connectivity index is 0.000001000. The Morgan fingerprint density at radius 3 is 2.18 bits per heavy atom. The van der Waals surface area contributed by atoms with Crippen LogP contribution in [0.5, 0.6) is 0 Å². The Bertz CT molecular complexity index is 88.1. The standard InChI is InChI=1S/C8H17NO.ClH/c9-7-5-3-1-2-4-6-8(7)10;/h7-8,10H,1-6,9H2;1H/t7-,8+;/m1./s1. The zero-order valence-electron chi connectivity index (χ0n) is 6.83. The van der Waals surface area contributed by atoms with E-state index >= 15 is 0 Å². The summed E-state index contributed by atoms with van der Waals surface area (Å²) >= 11 is 0. The average Bonchev–Trinajstić information content (AvgIpc) is 1.92. The molecule has 0 bridgehead atoms. The summed E-state index contributed by atoms with van der Waals surface area (Å²) in [6.07, 6.45) is 6.57. The first-order valence-corrected chi connectivity index (χ1v) is 4.24. The fourth-order valence-electron chi connectivity index (χ4n) is 1.49. The maximum absolute atomic E-state index is 9.36. The summed E-state index contributed by atoms with van der Waals surface area (Å²) in [6.45, 7) is 0. The number of halogens is 1. The van der Waals surface area contributed by atoms with Crippen molar-refractivity contribution in [1.29, 1.82) is 0 Å². The van der Waals surface area contributed by atoms with Gasteiger partial charge in [0, 0.05) is 6.04 Å². The van der Waals surface area contributed by atoms with Crippen LogP contribution in [0.1, 0.15) is 38.5 Å². The number of nitrogens with two attached hydrogens (primary N) is 1. The van der Waals surface area contributed by atoms with Gasteiger partial charge < -0.3 is 10.8 Å². The van der Waals surface area contributed by atoms with E-state index in [1.165, 1.54) is 19.3 Å². The van der Waals surface area contributed by atoms with Crippen molar-refractivity contribution in [2.24, 2.45) is 5.73 Å². The molecule has 0 spiro atoms. The lowest BCUT2D eigenvalue weighted by Crippen LogP contribution is -2.35. The Kier molecular flexibility index (Phi) is 5.92. The second kappa shape index (κ2) is 5.81. The highest BCUT2D eigenvalue weighted by molar-refractivity contribution is 5.85. The largest absolute Gasteiger partial charge is 0.392 e. The van der Waals surface area contributed by atoms with Crippen LogP contribution >= 0.6 is 12.4 Å². The van der Waals surface area contributed by atoms with E-state index in [1.807, 2.05) is 0 Å². The number of hydrogen-bond donors (Lipinski definition) is 2. The normalized spacial score (nSPS) is 33.3. The molecule has 1 rings (SSSR count). The third-order valence-electron chi connectivity index (χ3n) is 2.28. The molecule has 11 heavy (non-hydrogen) atoms. The van der Waals surface area contributed by atoms with Crippen LogP contribution in [0.4, 0.5) is 0 Å². The lowest BCUT2D eigenvalue weighted by molar-refractivity contribution is 0.121. The molecule has 0 aromatic rings. The number of aliphatic hydroxyl groups is 1. The van der Waals surface area contributed by atoms with E-state index in [1.54, 1.807) is 0 Å². The summed E-state index contributed by atoms with van der Waals surface area (Å²) in [6, 6.07) is 0.0419. The lowest BCUT2D eigenvalue weighted by Gasteiger charge is -2.21. The zero-order valence-corrected chi connectivity index (χ0v) is 7.65. The van der Waals surface area contributed by atoms with Gasteiger partial charge in [-0.2, -0.15) is 0 Å². The minimum absolute atomic E-state index is 0. The summed E-state index contributed by atoms with van der Waals surface area (Å²) < 4.78 is 0. The summed E-state index contributed by atoms with van der Waals surface area (Å²) in [5, 5.41) is 9.36. The van der Waals surface area contributed by atoms with Gasteiger partial charge >= 0.3 is 0 Å². The molecule has 0 amide bonds. The zero-order chi connectivity index (χ0) is 7.40. The van der Waals surface area contributed by atoms with Gasteiger partial charge in [-0.1, -0.05) is 25.7 Å². The highest BCUT2D eigenvalue weighted by Gasteiger charge is 2.15. The van der Waals surface area contributed by atoms with Crippen molar-refractivity contribution in [2.45, 2.75) is 50.7 Å². The molecule has 0 aliphatic heterocycles. The highest BCUT2D eigenvalue weighted by Crippen LogP contribution is 2.15. The third-order valence-corrected chi connectivity index (χ3v) is 2.28. The van der Waals surface area contributed by atoms with Crippen LogP contribution in [0, 0.1) is 0 Å². The summed E-state index contributed by atoms with van der Waals surface area (Å²) in [4.78, 5) is 0. The molecule has 1 aliphatic carbocycles. The van der Waals surface area contributed by atoms with Gasteiger partial charge in [0.15, 0.2) is 0 Å². The molecule has 2 nitrogen and oxygen atoms in total. The average molecular weight is 180 g/mol. The molecule has 2 atom stereocenters. The molecule has 0 aromatic carbocycles. The van der Waals surface area contributed by atoms with Crippen molar-refractivity contribution in [2.75, 3.05) is 0 Å². The van der Waals surface area contributed by atoms with Crippen LogP contribution in [-0.2, 0) is 0 Å². The Morgan fingerprint density at radius 1 is 1.00 bits per heavy atom. The highest BCUT2D eigenvalue weighted by atomic mass is 35.5. The molecule has 0 unspecified atom stereocenters. The van der Waals surface area contributed by atoms with Crippen molar-refractivity contribution in [1.82, 2.24) is 0 Å². The summed E-state index contributed by atoms with van der Waals surface area (Å²) in [5.74, 6) is 0. The molecular formula is C8H18ClNO. The van der Waals surface area contributed by atoms with Crippen LogP contribution in [0.25, 0.3) is 0 Å². The Labute approximate surface area is 74.6 Å². The first-order chi connectivity index (χ1) is 4.80. The molecule has 68 valence electrons. The van der Waals surface area contributed by atoms with Gasteiger partial charge in [-0.3, -0.25) is 0 Å². The van der Waals surface area contributed by atoms with E-state index in [0.717, 1.165) is 19.3 Å². The number of rotatable bonds is 0. The predicted molar refractivity (Wildman–Crippen MR) is 48.9 cm³/mol. The minimum Gasteiger partial charge on any atom is -0.392 e. The molecule has 1 aliphatic rings. The van der Waals surface area contributed by atoms with E-state index in [0.29, 0.717) is 0 Å². The number of aliphatic hydroxyl groups excluding tert-OH is 1. The van der Waals surface area contributed by atoms with Crippen molar-refractivity contribution in [3.8, 4) is 0 Å². The van der Waals surface area contributed by atoms with Crippen LogP contribution < -0.4 is 5.73 Å². The fourth-order valence-corrected chi connectivity index (χ4v) is 1.49. The lowest BCUT2D eigenvalue weighted by atomic mass is 9.95. The first kappa shape index (κ1) is 11.2. The van der Waals surface area contributed by atoms with Crippen LogP contribution in [-0.4, -0.2) is 17.3 Å². The van der Waals surface area contributed by atoms with Gasteiger partial charge in [-0.25, -0.2) is 0 Å². The molecule has 3 N–H and O–H groups in total. The number of hydrogen-bond acceptors (Lipinski definition) is 2. The van der Waals surface area contributed by atoms with Gasteiger partial charge in [-0.05, 0) is 12.8 Å². The van der Waals surface area contributed by atoms with Crippen LogP contribution in [0.2, 0.25) is 0 Å². The molecule has 0 radical (unpaired) electrons. The smallest absolute Gasteiger partial charge is 0.0691 e. The van der Waals surface area contributed by atoms with Crippen molar-refractivity contribution < 1.29 is 5.11 Å². The van der Waals surface area contributed by atoms with E-state index in [9.17, 15) is 5.11 Å². The van der Waals surface area contributed by atoms with E-state index < -0.39 is 0 Å². The van der Waals surface area contributed by atoms with Crippen LogP contribution in [0.3, 0.4) is 0 Å². The van der Waals surface area contributed by atoms with Crippen molar-refractivity contribution >= 4 is 12.4 Å². The van der Waals surface area contributed by atoms with E-state index in [-0.39, 0.29) is 24.6 Å². The third kappa shape index (κ3) is 3.94. The van der Waals surface area contributed by atoms with Gasteiger partial charge in [0.25, 0.3) is 0 Å². The van der Waals surface area contributed by atoms with Gasteiger partial charge in [0.2, 0.25) is 0 Å². The minimum atomic E-state index is -0.236. The van der Waals surface area contributed by atoms with E-state index in [2.05, 4.69) is 0 Å². The molecule has 0 heterocycles. The first-order valence-electron chi connectivity index (χ1n) is 4.24. The molecule has 1 saturated carbocycles. The maximum atomic E-state index is 9.36. The van der Waals surface area contributed by atoms with E-state index in [4.69, 9.17) is 5.73 Å². The molecule has 1 fully saturated rings. The predicted octanol–water partition coefficient (Wildman–Crippen LogP) is 1.45. The Hall–Kier alpha value is 0.210. The van der Waals surface area contributed by atoms with Crippen molar-refractivity contribution in [3.05, 3.63) is 0 Å². The van der Waals surface area contributed by atoms with Crippen molar-refractivity contribution in [3.63, 3.8) is 0 Å². The second-order valence-electron chi connectivity index (χ2n) is 3.22. The molecule has 3 heteroatoms. The topological polar surface area (TPSA) is 46.2 Å². The molecular weight excluding hydrogens is 162 g/mol. The van der Waals surface area contributed by atoms with Crippen LogP contribution in [0.15, 0.2) is 0 Å². The van der Waals surface area contributed by atoms with Gasteiger partial charge in [0.1, 0.15) is 0 Å². The van der Waals surface area contributed by atoms with Gasteiger partial charge in [0.05, 0.1) is 6.10 Å². The second-order valence-corrected chi connectivity index (χ2v) is 3.22.